The van der Waals surface area contributed by atoms with Gasteiger partial charge in [-0.2, -0.15) is 11.3 Å². The number of carbonyl (C=O) groups is 2. The number of carbonyl (C=O) groups excluding carboxylic acids is 2. The Bertz CT molecular complexity index is 1000. The number of rotatable bonds is 8. The number of anilines is 3. The minimum atomic E-state index is -0.232. The van der Waals surface area contributed by atoms with E-state index in [-0.39, 0.29) is 11.9 Å². The van der Waals surface area contributed by atoms with Crippen molar-refractivity contribution in [2.24, 2.45) is 0 Å². The molecular weight excluding hydrogens is 410 g/mol. The van der Waals surface area contributed by atoms with Crippen molar-refractivity contribution in [3.8, 4) is 0 Å². The highest BCUT2D eigenvalue weighted by Gasteiger charge is 2.15. The molecule has 3 amide bonds. The van der Waals surface area contributed by atoms with Gasteiger partial charge in [-0.3, -0.25) is 4.79 Å². The van der Waals surface area contributed by atoms with E-state index < -0.39 is 0 Å². The molecule has 3 rings (SSSR count). The quantitative estimate of drug-likeness (QED) is 0.461. The molecule has 0 aliphatic rings. The topological polar surface area (TPSA) is 90.7 Å². The summed E-state index contributed by atoms with van der Waals surface area (Å²) in [5.41, 5.74) is 9.24. The summed E-state index contributed by atoms with van der Waals surface area (Å²) in [6, 6.07) is 16.1. The molecule has 0 saturated carbocycles. The first kappa shape index (κ1) is 22.3. The summed E-state index contributed by atoms with van der Waals surface area (Å²) >= 11 is 1.53. The molecule has 0 atom stereocenters. The summed E-state index contributed by atoms with van der Waals surface area (Å²) in [6.07, 6.45) is 0. The Labute approximate surface area is 186 Å². The number of hydrogen-bond acceptors (Lipinski definition) is 5. The van der Waals surface area contributed by atoms with Crippen LogP contribution in [0.25, 0.3) is 0 Å². The first-order valence-corrected chi connectivity index (χ1v) is 10.8. The molecule has 8 heteroatoms. The maximum atomic E-state index is 12.8. The van der Waals surface area contributed by atoms with E-state index in [1.54, 1.807) is 29.2 Å². The van der Waals surface area contributed by atoms with Gasteiger partial charge < -0.3 is 26.2 Å². The van der Waals surface area contributed by atoms with Crippen molar-refractivity contribution in [2.45, 2.75) is 6.54 Å². The van der Waals surface area contributed by atoms with Crippen LogP contribution in [0.4, 0.5) is 21.9 Å². The normalized spacial score (nSPS) is 10.7. The van der Waals surface area contributed by atoms with Gasteiger partial charge in [0.25, 0.3) is 5.91 Å². The molecule has 1 heterocycles. The van der Waals surface area contributed by atoms with Crippen LogP contribution in [-0.2, 0) is 6.54 Å². The van der Waals surface area contributed by atoms with Gasteiger partial charge in [-0.05, 0) is 55.4 Å². The zero-order chi connectivity index (χ0) is 22.2. The van der Waals surface area contributed by atoms with Crippen molar-refractivity contribution in [3.63, 3.8) is 0 Å². The third kappa shape index (κ3) is 6.56. The van der Waals surface area contributed by atoms with Crippen molar-refractivity contribution in [1.29, 1.82) is 0 Å². The van der Waals surface area contributed by atoms with Crippen LogP contribution >= 0.6 is 11.3 Å². The number of hydrogen-bond donors (Lipinski definition) is 3. The van der Waals surface area contributed by atoms with E-state index in [9.17, 15) is 9.59 Å². The Hall–Kier alpha value is -3.36. The standard InChI is InChI=1S/C23H27N5O2S/c1-27(2)12-13-28(23(30)25-19-11-14-31-16-19)15-17-7-9-18(10-8-17)22(29)26-21-6-4-3-5-20(21)24/h3-11,14,16H,12-13,15,24H2,1-2H3,(H,25,30)(H,26,29). The first-order valence-electron chi connectivity index (χ1n) is 9.90. The third-order valence-corrected chi connectivity index (χ3v) is 5.36. The van der Waals surface area contributed by atoms with Gasteiger partial charge >= 0.3 is 6.03 Å². The van der Waals surface area contributed by atoms with Crippen molar-refractivity contribution in [1.82, 2.24) is 9.80 Å². The SMILES string of the molecule is CN(C)CCN(Cc1ccc(C(=O)Nc2ccccc2N)cc1)C(=O)Nc1ccsc1. The van der Waals surface area contributed by atoms with E-state index in [1.807, 2.05) is 60.1 Å². The zero-order valence-electron chi connectivity index (χ0n) is 17.7. The van der Waals surface area contributed by atoms with E-state index in [2.05, 4.69) is 10.6 Å². The molecule has 7 nitrogen and oxygen atoms in total. The van der Waals surface area contributed by atoms with Gasteiger partial charge in [0.1, 0.15) is 0 Å². The number of nitrogen functional groups attached to an aromatic ring is 1. The van der Waals surface area contributed by atoms with Gasteiger partial charge in [0.15, 0.2) is 0 Å². The van der Waals surface area contributed by atoms with Gasteiger partial charge in [-0.1, -0.05) is 24.3 Å². The van der Waals surface area contributed by atoms with Crippen LogP contribution in [0.15, 0.2) is 65.4 Å². The molecule has 0 spiro atoms. The van der Waals surface area contributed by atoms with Crippen molar-refractivity contribution in [3.05, 3.63) is 76.5 Å². The minimum Gasteiger partial charge on any atom is -0.397 e. The fourth-order valence-electron chi connectivity index (χ4n) is 2.90. The zero-order valence-corrected chi connectivity index (χ0v) is 18.5. The highest BCUT2D eigenvalue weighted by molar-refractivity contribution is 7.08. The monoisotopic (exact) mass is 437 g/mol. The Kier molecular flexibility index (Phi) is 7.64. The number of nitrogens with zero attached hydrogens (tertiary/aromatic N) is 2. The number of amides is 3. The number of likely N-dealkylation sites (N-methyl/N-ethyl adjacent to an activating group) is 1. The molecule has 4 N–H and O–H groups in total. The maximum absolute atomic E-state index is 12.8. The molecule has 0 aliphatic heterocycles. The molecular formula is C23H27N5O2S. The fourth-order valence-corrected chi connectivity index (χ4v) is 3.49. The van der Waals surface area contributed by atoms with Gasteiger partial charge in [-0.15, -0.1) is 0 Å². The van der Waals surface area contributed by atoms with Crippen LogP contribution in [0.3, 0.4) is 0 Å². The predicted molar refractivity (Wildman–Crippen MR) is 128 cm³/mol. The summed E-state index contributed by atoms with van der Waals surface area (Å²) in [4.78, 5) is 29.1. The van der Waals surface area contributed by atoms with Crippen LogP contribution in [0, 0.1) is 0 Å². The Balaban J connectivity index is 1.66. The maximum Gasteiger partial charge on any atom is 0.322 e. The summed E-state index contributed by atoms with van der Waals surface area (Å²) in [6.45, 7) is 1.77. The fraction of sp³-hybridized carbons (Fsp3) is 0.217. The van der Waals surface area contributed by atoms with Gasteiger partial charge in [0, 0.05) is 30.6 Å². The smallest absolute Gasteiger partial charge is 0.322 e. The largest absolute Gasteiger partial charge is 0.397 e. The lowest BCUT2D eigenvalue weighted by molar-refractivity contribution is 0.102. The first-order chi connectivity index (χ1) is 14.9. The number of para-hydroxylation sites is 2. The molecule has 3 aromatic rings. The summed E-state index contributed by atoms with van der Waals surface area (Å²) in [5, 5.41) is 9.57. The van der Waals surface area contributed by atoms with Crippen LogP contribution in [0.5, 0.6) is 0 Å². The van der Waals surface area contributed by atoms with Crippen LogP contribution in [0.1, 0.15) is 15.9 Å². The van der Waals surface area contributed by atoms with E-state index in [4.69, 9.17) is 5.73 Å². The second kappa shape index (κ2) is 10.6. The molecule has 0 aliphatic carbocycles. The van der Waals surface area contributed by atoms with Crippen molar-refractivity contribution >= 4 is 40.3 Å². The van der Waals surface area contributed by atoms with E-state index in [0.29, 0.717) is 30.0 Å². The second-order valence-corrected chi connectivity index (χ2v) is 8.19. The second-order valence-electron chi connectivity index (χ2n) is 7.41. The number of nitrogens with one attached hydrogen (secondary N) is 2. The van der Waals surface area contributed by atoms with Gasteiger partial charge in [-0.25, -0.2) is 4.79 Å². The van der Waals surface area contributed by atoms with Crippen LogP contribution in [0.2, 0.25) is 0 Å². The highest BCUT2D eigenvalue weighted by atomic mass is 32.1. The lowest BCUT2D eigenvalue weighted by Crippen LogP contribution is -2.38. The van der Waals surface area contributed by atoms with Gasteiger partial charge in [0.2, 0.25) is 0 Å². The molecule has 0 unspecified atom stereocenters. The van der Waals surface area contributed by atoms with E-state index in [1.165, 1.54) is 11.3 Å². The minimum absolute atomic E-state index is 0.151. The molecule has 0 fully saturated rings. The summed E-state index contributed by atoms with van der Waals surface area (Å²) in [5.74, 6) is -0.232. The Morgan fingerprint density at radius 2 is 1.71 bits per heavy atom. The average Bonchev–Trinajstić information content (AvgIpc) is 3.26. The molecule has 1 aromatic heterocycles. The Morgan fingerprint density at radius 1 is 0.968 bits per heavy atom. The average molecular weight is 438 g/mol. The van der Waals surface area contributed by atoms with Crippen LogP contribution in [-0.4, -0.2) is 48.9 Å². The molecule has 31 heavy (non-hydrogen) atoms. The van der Waals surface area contributed by atoms with Crippen LogP contribution < -0.4 is 16.4 Å². The number of nitrogens with two attached hydrogens (primary N) is 1. The molecule has 0 bridgehead atoms. The highest BCUT2D eigenvalue weighted by Crippen LogP contribution is 2.18. The van der Waals surface area contributed by atoms with E-state index >= 15 is 0 Å². The van der Waals surface area contributed by atoms with Crippen molar-refractivity contribution in [2.75, 3.05) is 43.6 Å². The number of benzene rings is 2. The molecule has 2 aromatic carbocycles. The molecule has 0 saturated heterocycles. The lowest BCUT2D eigenvalue weighted by Gasteiger charge is -2.24. The molecule has 0 radical (unpaired) electrons. The van der Waals surface area contributed by atoms with E-state index in [0.717, 1.165) is 17.8 Å². The number of thiophene rings is 1. The van der Waals surface area contributed by atoms with Crippen molar-refractivity contribution < 1.29 is 9.59 Å². The summed E-state index contributed by atoms with van der Waals surface area (Å²) in [7, 11) is 3.95. The third-order valence-electron chi connectivity index (χ3n) is 4.68. The molecule has 162 valence electrons. The lowest BCUT2D eigenvalue weighted by atomic mass is 10.1. The summed E-state index contributed by atoms with van der Waals surface area (Å²) < 4.78 is 0. The number of urea groups is 1. The predicted octanol–water partition coefficient (Wildman–Crippen LogP) is 4.18. The van der Waals surface area contributed by atoms with Gasteiger partial charge in [0.05, 0.1) is 17.1 Å². The Morgan fingerprint density at radius 3 is 2.35 bits per heavy atom.